The fourth-order valence-electron chi connectivity index (χ4n) is 1.87. The van der Waals surface area contributed by atoms with Crippen molar-refractivity contribution >= 4 is 5.82 Å². The van der Waals surface area contributed by atoms with E-state index in [-0.39, 0.29) is 6.04 Å². The Kier molecular flexibility index (Phi) is 3.25. The molecule has 1 atom stereocenters. The highest BCUT2D eigenvalue weighted by atomic mass is 15.2. The van der Waals surface area contributed by atoms with E-state index >= 15 is 0 Å². The van der Waals surface area contributed by atoms with Gasteiger partial charge in [-0.25, -0.2) is 4.98 Å². The Morgan fingerprint density at radius 2 is 2.31 bits per heavy atom. The summed E-state index contributed by atoms with van der Waals surface area (Å²) in [7, 11) is 0. The molecule has 1 aromatic rings. The van der Waals surface area contributed by atoms with E-state index in [1.54, 1.807) is 0 Å². The summed E-state index contributed by atoms with van der Waals surface area (Å²) in [6.45, 7) is 6.20. The predicted molar refractivity (Wildman–Crippen MR) is 67.4 cm³/mol. The third-order valence-corrected chi connectivity index (χ3v) is 3.06. The summed E-state index contributed by atoms with van der Waals surface area (Å²) in [6.07, 6.45) is 5.24. The third kappa shape index (κ3) is 2.42. The molecule has 0 saturated heterocycles. The molecule has 0 saturated carbocycles. The average molecular weight is 217 g/mol. The van der Waals surface area contributed by atoms with Crippen LogP contribution in [0.3, 0.4) is 0 Å². The summed E-state index contributed by atoms with van der Waals surface area (Å²) >= 11 is 0. The molecule has 3 heteroatoms. The quantitative estimate of drug-likeness (QED) is 0.773. The van der Waals surface area contributed by atoms with Crippen molar-refractivity contribution in [2.45, 2.75) is 26.3 Å². The number of hydrogen-bond donors (Lipinski definition) is 1. The molecule has 0 spiro atoms. The zero-order valence-electron chi connectivity index (χ0n) is 9.98. The van der Waals surface area contributed by atoms with E-state index in [1.807, 2.05) is 19.2 Å². The van der Waals surface area contributed by atoms with Crippen molar-refractivity contribution in [3.05, 3.63) is 35.5 Å². The molecule has 1 aromatic heterocycles. The summed E-state index contributed by atoms with van der Waals surface area (Å²) in [6, 6.07) is 4.15. The van der Waals surface area contributed by atoms with Gasteiger partial charge in [0.2, 0.25) is 0 Å². The summed E-state index contributed by atoms with van der Waals surface area (Å²) in [5.41, 5.74) is 8.50. The van der Waals surface area contributed by atoms with Gasteiger partial charge in [0.25, 0.3) is 0 Å². The first-order valence-electron chi connectivity index (χ1n) is 5.79. The lowest BCUT2D eigenvalue weighted by molar-refractivity contribution is 0.767. The molecule has 0 fully saturated rings. The molecular formula is C13H19N3. The van der Waals surface area contributed by atoms with Gasteiger partial charge in [-0.3, -0.25) is 0 Å². The van der Waals surface area contributed by atoms with E-state index in [0.717, 1.165) is 30.9 Å². The summed E-state index contributed by atoms with van der Waals surface area (Å²) in [5.74, 6) is 1.04. The first kappa shape index (κ1) is 11.1. The maximum Gasteiger partial charge on any atom is 0.129 e. The van der Waals surface area contributed by atoms with Gasteiger partial charge >= 0.3 is 0 Å². The Bertz CT molecular complexity index is 396. The zero-order valence-corrected chi connectivity index (χ0v) is 9.98. The van der Waals surface area contributed by atoms with Gasteiger partial charge in [-0.1, -0.05) is 11.6 Å². The van der Waals surface area contributed by atoms with Crippen LogP contribution in [0.4, 0.5) is 5.82 Å². The molecule has 2 heterocycles. The van der Waals surface area contributed by atoms with E-state index in [9.17, 15) is 0 Å². The van der Waals surface area contributed by atoms with Crippen LogP contribution in [-0.2, 0) is 0 Å². The molecule has 0 aromatic carbocycles. The Balaban J connectivity index is 2.18. The smallest absolute Gasteiger partial charge is 0.129 e. The minimum atomic E-state index is 0.0730. The highest BCUT2D eigenvalue weighted by molar-refractivity contribution is 5.43. The lowest BCUT2D eigenvalue weighted by atomic mass is 10.1. The summed E-state index contributed by atoms with van der Waals surface area (Å²) < 4.78 is 0. The maximum absolute atomic E-state index is 5.88. The minimum absolute atomic E-state index is 0.0730. The normalized spacial score (nSPS) is 18.2. The predicted octanol–water partition coefficient (Wildman–Crippen LogP) is 2.26. The van der Waals surface area contributed by atoms with Crippen LogP contribution < -0.4 is 10.6 Å². The number of anilines is 1. The van der Waals surface area contributed by atoms with Gasteiger partial charge in [-0.2, -0.15) is 0 Å². The molecule has 0 bridgehead atoms. The van der Waals surface area contributed by atoms with Crippen LogP contribution in [0, 0.1) is 0 Å². The third-order valence-electron chi connectivity index (χ3n) is 3.06. The Morgan fingerprint density at radius 3 is 2.94 bits per heavy atom. The minimum Gasteiger partial charge on any atom is -0.353 e. The first-order chi connectivity index (χ1) is 7.66. The lowest BCUT2D eigenvalue weighted by Crippen LogP contribution is -2.29. The van der Waals surface area contributed by atoms with E-state index in [0.29, 0.717) is 0 Å². The van der Waals surface area contributed by atoms with Crippen molar-refractivity contribution in [2.24, 2.45) is 5.73 Å². The average Bonchev–Trinajstić information content (AvgIpc) is 2.30. The molecule has 3 nitrogen and oxygen atoms in total. The summed E-state index contributed by atoms with van der Waals surface area (Å²) in [4.78, 5) is 6.70. The second-order valence-electron chi connectivity index (χ2n) is 4.48. The molecule has 0 aliphatic carbocycles. The van der Waals surface area contributed by atoms with Crippen LogP contribution in [0.15, 0.2) is 30.0 Å². The van der Waals surface area contributed by atoms with Gasteiger partial charge < -0.3 is 10.6 Å². The van der Waals surface area contributed by atoms with Gasteiger partial charge in [0.1, 0.15) is 5.82 Å². The van der Waals surface area contributed by atoms with Gasteiger partial charge in [0.15, 0.2) is 0 Å². The van der Waals surface area contributed by atoms with Gasteiger partial charge in [0.05, 0.1) is 0 Å². The maximum atomic E-state index is 5.88. The van der Waals surface area contributed by atoms with Crippen LogP contribution >= 0.6 is 0 Å². The van der Waals surface area contributed by atoms with E-state index < -0.39 is 0 Å². The Hall–Kier alpha value is -1.35. The second kappa shape index (κ2) is 4.66. The van der Waals surface area contributed by atoms with Crippen LogP contribution in [0.5, 0.6) is 0 Å². The van der Waals surface area contributed by atoms with Crippen LogP contribution in [0.2, 0.25) is 0 Å². The Morgan fingerprint density at radius 1 is 1.50 bits per heavy atom. The number of hydrogen-bond acceptors (Lipinski definition) is 3. The molecule has 1 aliphatic heterocycles. The molecule has 2 N–H and O–H groups in total. The van der Waals surface area contributed by atoms with Crippen LogP contribution in [0.25, 0.3) is 0 Å². The number of rotatable bonds is 2. The molecule has 0 amide bonds. The topological polar surface area (TPSA) is 42.1 Å². The molecule has 86 valence electrons. The van der Waals surface area contributed by atoms with Crippen molar-refractivity contribution < 1.29 is 0 Å². The molecule has 0 radical (unpaired) electrons. The van der Waals surface area contributed by atoms with E-state index in [4.69, 9.17) is 5.73 Å². The van der Waals surface area contributed by atoms with E-state index in [1.165, 1.54) is 5.57 Å². The highest BCUT2D eigenvalue weighted by Gasteiger charge is 2.12. The van der Waals surface area contributed by atoms with Crippen molar-refractivity contribution in [3.8, 4) is 0 Å². The number of pyridine rings is 1. The molecule has 0 unspecified atom stereocenters. The monoisotopic (exact) mass is 217 g/mol. The van der Waals surface area contributed by atoms with Crippen molar-refractivity contribution in [1.29, 1.82) is 0 Å². The first-order valence-corrected chi connectivity index (χ1v) is 5.79. The molecular weight excluding hydrogens is 198 g/mol. The lowest BCUT2D eigenvalue weighted by Gasteiger charge is -2.27. The van der Waals surface area contributed by atoms with Crippen molar-refractivity contribution in [2.75, 3.05) is 18.0 Å². The van der Waals surface area contributed by atoms with Crippen molar-refractivity contribution in [1.82, 2.24) is 4.98 Å². The number of nitrogens with zero attached hydrogens (tertiary/aromatic N) is 2. The molecule has 2 rings (SSSR count). The molecule has 16 heavy (non-hydrogen) atoms. The number of aromatic nitrogens is 1. The standard InChI is InChI=1S/C13H19N3/c1-10-4-7-16(8-5-10)13-9-12(11(2)14)3-6-15-13/h3-4,6,9,11H,5,7-8,14H2,1-2H3/t11-/m0/s1. The van der Waals surface area contributed by atoms with E-state index in [2.05, 4.69) is 29.0 Å². The fraction of sp³-hybridized carbons (Fsp3) is 0.462. The Labute approximate surface area is 97.0 Å². The van der Waals surface area contributed by atoms with Gasteiger partial charge in [-0.05, 0) is 38.0 Å². The second-order valence-corrected chi connectivity index (χ2v) is 4.48. The highest BCUT2D eigenvalue weighted by Crippen LogP contribution is 2.20. The summed E-state index contributed by atoms with van der Waals surface area (Å²) in [5, 5.41) is 0. The zero-order chi connectivity index (χ0) is 11.5. The van der Waals surface area contributed by atoms with Crippen LogP contribution in [-0.4, -0.2) is 18.1 Å². The molecule has 1 aliphatic rings. The largest absolute Gasteiger partial charge is 0.353 e. The number of nitrogens with two attached hydrogens (primary N) is 1. The SMILES string of the molecule is CC1=CCN(c2cc([C@H](C)N)ccn2)CC1. The fourth-order valence-corrected chi connectivity index (χ4v) is 1.87. The van der Waals surface area contributed by atoms with Gasteiger partial charge in [-0.15, -0.1) is 0 Å². The van der Waals surface area contributed by atoms with Gasteiger partial charge in [0, 0.05) is 25.3 Å². The van der Waals surface area contributed by atoms with Crippen molar-refractivity contribution in [3.63, 3.8) is 0 Å². The van der Waals surface area contributed by atoms with Crippen LogP contribution in [0.1, 0.15) is 31.9 Å².